The van der Waals surface area contributed by atoms with Crippen LogP contribution in [0.3, 0.4) is 0 Å². The van der Waals surface area contributed by atoms with Gasteiger partial charge in [-0.3, -0.25) is 14.7 Å². The Kier molecular flexibility index (Phi) is 6.55. The average Bonchev–Trinajstić information content (AvgIpc) is 2.70. The highest BCUT2D eigenvalue weighted by atomic mass is 19.1. The van der Waals surface area contributed by atoms with Gasteiger partial charge in [-0.1, -0.05) is 31.0 Å². The summed E-state index contributed by atoms with van der Waals surface area (Å²) >= 11 is 0. The van der Waals surface area contributed by atoms with Crippen LogP contribution in [0.4, 0.5) is 4.39 Å². The first-order valence-corrected chi connectivity index (χ1v) is 10.9. The number of aromatic nitrogens is 1. The number of carbonyl (C=O) groups is 1. The number of hydrogen-bond acceptors (Lipinski definition) is 3. The van der Waals surface area contributed by atoms with Crippen LogP contribution in [0.25, 0.3) is 0 Å². The Morgan fingerprint density at radius 3 is 2.62 bits per heavy atom. The van der Waals surface area contributed by atoms with Gasteiger partial charge in [0.2, 0.25) is 5.91 Å². The SMILES string of the molecule is O=C(N[C@@H](C[C@@H]1CCCCN1Cc1ccc(F)cc1)c1ccccn1)C1CCC1. The average molecular weight is 396 g/mol. The molecule has 1 amide bonds. The molecular formula is C24H30FN3O. The van der Waals surface area contributed by atoms with Crippen molar-refractivity contribution in [3.63, 3.8) is 0 Å². The van der Waals surface area contributed by atoms with Crippen LogP contribution in [-0.2, 0) is 11.3 Å². The smallest absolute Gasteiger partial charge is 0.223 e. The van der Waals surface area contributed by atoms with Crippen molar-refractivity contribution in [2.24, 2.45) is 5.92 Å². The topological polar surface area (TPSA) is 45.2 Å². The first kappa shape index (κ1) is 20.0. The molecule has 1 saturated heterocycles. The molecule has 1 aromatic heterocycles. The predicted octanol–water partition coefficient (Wildman–Crippen LogP) is 4.62. The van der Waals surface area contributed by atoms with Crippen LogP contribution in [-0.4, -0.2) is 28.4 Å². The zero-order valence-corrected chi connectivity index (χ0v) is 16.9. The number of likely N-dealkylation sites (tertiary alicyclic amines) is 1. The zero-order valence-electron chi connectivity index (χ0n) is 16.9. The maximum absolute atomic E-state index is 13.3. The summed E-state index contributed by atoms with van der Waals surface area (Å²) in [6, 6.07) is 13.0. The third kappa shape index (κ3) is 5.21. The molecular weight excluding hydrogens is 365 g/mol. The van der Waals surface area contributed by atoms with Crippen molar-refractivity contribution in [3.8, 4) is 0 Å². The van der Waals surface area contributed by atoms with Gasteiger partial charge in [0.1, 0.15) is 5.82 Å². The monoisotopic (exact) mass is 395 g/mol. The van der Waals surface area contributed by atoms with Crippen LogP contribution in [0.5, 0.6) is 0 Å². The van der Waals surface area contributed by atoms with Gasteiger partial charge in [-0.05, 0) is 68.5 Å². The predicted molar refractivity (Wildman–Crippen MR) is 112 cm³/mol. The Morgan fingerprint density at radius 1 is 1.10 bits per heavy atom. The van der Waals surface area contributed by atoms with E-state index in [1.165, 1.54) is 25.0 Å². The summed E-state index contributed by atoms with van der Waals surface area (Å²) in [7, 11) is 0. The van der Waals surface area contributed by atoms with Crippen molar-refractivity contribution in [3.05, 3.63) is 65.7 Å². The second-order valence-electron chi connectivity index (χ2n) is 8.43. The van der Waals surface area contributed by atoms with Crippen LogP contribution >= 0.6 is 0 Å². The Labute approximate surface area is 172 Å². The van der Waals surface area contributed by atoms with E-state index in [-0.39, 0.29) is 23.7 Å². The van der Waals surface area contributed by atoms with Crippen molar-refractivity contribution in [2.45, 2.75) is 63.6 Å². The van der Waals surface area contributed by atoms with Crippen LogP contribution in [0.1, 0.15) is 62.2 Å². The highest BCUT2D eigenvalue weighted by Crippen LogP contribution is 2.30. The fourth-order valence-electron chi connectivity index (χ4n) is 4.43. The molecule has 29 heavy (non-hydrogen) atoms. The Morgan fingerprint density at radius 2 is 1.93 bits per heavy atom. The molecule has 2 aliphatic rings. The van der Waals surface area contributed by atoms with Gasteiger partial charge in [0.15, 0.2) is 0 Å². The van der Waals surface area contributed by atoms with Gasteiger partial charge in [0.25, 0.3) is 0 Å². The maximum Gasteiger partial charge on any atom is 0.223 e. The number of amides is 1. The number of piperidine rings is 1. The molecule has 2 aromatic rings. The van der Waals surface area contributed by atoms with Crippen LogP contribution in [0, 0.1) is 11.7 Å². The molecule has 1 aliphatic carbocycles. The van der Waals surface area contributed by atoms with E-state index < -0.39 is 0 Å². The van der Waals surface area contributed by atoms with E-state index in [1.807, 2.05) is 30.3 Å². The number of carbonyl (C=O) groups excluding carboxylic acids is 1. The maximum atomic E-state index is 13.3. The van der Waals surface area contributed by atoms with Crippen molar-refractivity contribution < 1.29 is 9.18 Å². The number of nitrogens with one attached hydrogen (secondary N) is 1. The van der Waals surface area contributed by atoms with Crippen molar-refractivity contribution >= 4 is 5.91 Å². The van der Waals surface area contributed by atoms with Gasteiger partial charge in [0.05, 0.1) is 11.7 Å². The lowest BCUT2D eigenvalue weighted by Crippen LogP contribution is -2.44. The number of pyridine rings is 1. The minimum Gasteiger partial charge on any atom is -0.347 e. The molecule has 0 bridgehead atoms. The molecule has 2 heterocycles. The van der Waals surface area contributed by atoms with Gasteiger partial charge in [-0.15, -0.1) is 0 Å². The van der Waals surface area contributed by atoms with E-state index in [4.69, 9.17) is 0 Å². The molecule has 0 spiro atoms. The molecule has 4 rings (SSSR count). The number of nitrogens with zero attached hydrogens (tertiary/aromatic N) is 2. The molecule has 154 valence electrons. The number of benzene rings is 1. The van der Waals surface area contributed by atoms with E-state index in [9.17, 15) is 9.18 Å². The molecule has 1 aliphatic heterocycles. The first-order chi connectivity index (χ1) is 14.2. The third-order valence-electron chi connectivity index (χ3n) is 6.39. The Bertz CT molecular complexity index is 792. The summed E-state index contributed by atoms with van der Waals surface area (Å²) in [4.78, 5) is 19.7. The largest absolute Gasteiger partial charge is 0.347 e. The van der Waals surface area contributed by atoms with Crippen LogP contribution < -0.4 is 5.32 Å². The molecule has 1 N–H and O–H groups in total. The summed E-state index contributed by atoms with van der Waals surface area (Å²) in [5.74, 6) is 0.147. The second kappa shape index (κ2) is 9.49. The molecule has 2 fully saturated rings. The number of rotatable bonds is 7. The summed E-state index contributed by atoms with van der Waals surface area (Å²) in [5.41, 5.74) is 2.07. The summed E-state index contributed by atoms with van der Waals surface area (Å²) < 4.78 is 13.3. The van der Waals surface area contributed by atoms with Crippen molar-refractivity contribution in [1.29, 1.82) is 0 Å². The highest BCUT2D eigenvalue weighted by Gasteiger charge is 2.31. The lowest BCUT2D eigenvalue weighted by molar-refractivity contribution is -0.128. The minimum atomic E-state index is -0.196. The molecule has 0 radical (unpaired) electrons. The quantitative estimate of drug-likeness (QED) is 0.744. The van der Waals surface area contributed by atoms with Crippen LogP contribution in [0.15, 0.2) is 48.7 Å². The number of hydrogen-bond donors (Lipinski definition) is 1. The molecule has 0 unspecified atom stereocenters. The third-order valence-corrected chi connectivity index (χ3v) is 6.39. The highest BCUT2D eigenvalue weighted by molar-refractivity contribution is 5.79. The fourth-order valence-corrected chi connectivity index (χ4v) is 4.43. The Hall–Kier alpha value is -2.27. The fraction of sp³-hybridized carbons (Fsp3) is 0.500. The van der Waals surface area contributed by atoms with E-state index in [2.05, 4.69) is 15.2 Å². The second-order valence-corrected chi connectivity index (χ2v) is 8.43. The van der Waals surface area contributed by atoms with Crippen molar-refractivity contribution in [2.75, 3.05) is 6.54 Å². The van der Waals surface area contributed by atoms with Gasteiger partial charge >= 0.3 is 0 Å². The lowest BCUT2D eigenvalue weighted by atomic mass is 9.84. The molecule has 1 saturated carbocycles. The molecule has 5 heteroatoms. The first-order valence-electron chi connectivity index (χ1n) is 10.9. The molecule has 1 aromatic carbocycles. The lowest BCUT2D eigenvalue weighted by Gasteiger charge is -2.38. The zero-order chi connectivity index (χ0) is 20.1. The summed E-state index contributed by atoms with van der Waals surface area (Å²) in [6.07, 6.45) is 9.31. The Balaban J connectivity index is 1.47. The normalized spacial score (nSPS) is 21.3. The minimum absolute atomic E-state index is 0.0666. The van der Waals surface area contributed by atoms with E-state index >= 15 is 0 Å². The van der Waals surface area contributed by atoms with E-state index in [0.717, 1.165) is 56.5 Å². The molecule has 4 nitrogen and oxygen atoms in total. The van der Waals surface area contributed by atoms with Crippen LogP contribution in [0.2, 0.25) is 0 Å². The van der Waals surface area contributed by atoms with Gasteiger partial charge in [-0.25, -0.2) is 4.39 Å². The summed E-state index contributed by atoms with van der Waals surface area (Å²) in [6.45, 7) is 1.85. The number of halogens is 1. The van der Waals surface area contributed by atoms with E-state index in [0.29, 0.717) is 6.04 Å². The van der Waals surface area contributed by atoms with E-state index in [1.54, 1.807) is 6.20 Å². The standard InChI is InChI=1S/C24H30FN3O/c25-20-12-10-18(11-13-20)17-28-15-4-2-8-21(28)16-23(22-9-1-3-14-26-22)27-24(29)19-6-5-7-19/h1,3,9-14,19,21,23H,2,4-8,15-17H2,(H,27,29)/t21-,23-/m0/s1. The van der Waals surface area contributed by atoms with Gasteiger partial charge in [0, 0.05) is 24.7 Å². The molecule has 2 atom stereocenters. The van der Waals surface area contributed by atoms with Gasteiger partial charge < -0.3 is 5.32 Å². The van der Waals surface area contributed by atoms with Gasteiger partial charge in [-0.2, -0.15) is 0 Å². The summed E-state index contributed by atoms with van der Waals surface area (Å²) in [5, 5.41) is 3.30. The van der Waals surface area contributed by atoms with Crippen molar-refractivity contribution in [1.82, 2.24) is 15.2 Å².